The van der Waals surface area contributed by atoms with Gasteiger partial charge in [-0.15, -0.1) is 0 Å². The average molecular weight is 651 g/mol. The van der Waals surface area contributed by atoms with Crippen LogP contribution in [0.4, 0.5) is 17.1 Å². The minimum absolute atomic E-state index is 0.919. The molecule has 0 amide bonds. The Morgan fingerprint density at radius 2 is 1.04 bits per heavy atom. The molecule has 0 bridgehead atoms. The van der Waals surface area contributed by atoms with Gasteiger partial charge in [0.15, 0.2) is 0 Å². The summed E-state index contributed by atoms with van der Waals surface area (Å²) in [7, 11) is 0. The van der Waals surface area contributed by atoms with Crippen molar-refractivity contribution in [3.63, 3.8) is 0 Å². The Kier molecular flexibility index (Phi) is 6.78. The summed E-state index contributed by atoms with van der Waals surface area (Å²) >= 11 is 0. The van der Waals surface area contributed by atoms with Crippen molar-refractivity contribution in [2.45, 2.75) is 0 Å². The van der Waals surface area contributed by atoms with Gasteiger partial charge in [0.05, 0.1) is 22.2 Å². The molecule has 238 valence electrons. The molecule has 0 aliphatic carbocycles. The Hall–Kier alpha value is -6.91. The van der Waals surface area contributed by atoms with Gasteiger partial charge in [0.2, 0.25) is 0 Å². The molecule has 3 aromatic heterocycles. The number of hydrogen-bond acceptors (Lipinski definition) is 4. The third-order valence-electron chi connectivity index (χ3n) is 9.90. The van der Waals surface area contributed by atoms with Gasteiger partial charge in [-0.1, -0.05) is 109 Å². The van der Waals surface area contributed by atoms with Crippen molar-refractivity contribution in [3.8, 4) is 22.4 Å². The quantitative estimate of drug-likeness (QED) is 0.174. The summed E-state index contributed by atoms with van der Waals surface area (Å²) in [5.74, 6) is 0. The van der Waals surface area contributed by atoms with Crippen molar-refractivity contribution in [1.29, 1.82) is 0 Å². The molecule has 10 rings (SSSR count). The van der Waals surface area contributed by atoms with Gasteiger partial charge >= 0.3 is 0 Å². The number of fused-ring (bicyclic) bond motifs is 8. The lowest BCUT2D eigenvalue weighted by Crippen LogP contribution is -2.09. The van der Waals surface area contributed by atoms with Crippen molar-refractivity contribution in [2.24, 2.45) is 0 Å². The SMILES string of the molecule is c1ccc(N(c2ccccc2)c2ccc(-c3nc4ccccc4c4c3ccc3ccc(-c5ccnc6c5ccc5cccnc56)cc34)cc2)cc1. The second-order valence-electron chi connectivity index (χ2n) is 12.9. The second kappa shape index (κ2) is 11.9. The van der Waals surface area contributed by atoms with Crippen LogP contribution in [0, 0.1) is 0 Å². The van der Waals surface area contributed by atoms with Crippen LogP contribution in [0.2, 0.25) is 0 Å². The Morgan fingerprint density at radius 1 is 0.392 bits per heavy atom. The molecule has 0 spiro atoms. The topological polar surface area (TPSA) is 41.9 Å². The van der Waals surface area contributed by atoms with Crippen molar-refractivity contribution < 1.29 is 0 Å². The molecule has 0 aliphatic rings. The maximum atomic E-state index is 5.29. The predicted octanol–water partition coefficient (Wildman–Crippen LogP) is 12.4. The predicted molar refractivity (Wildman–Crippen MR) is 213 cm³/mol. The van der Waals surface area contributed by atoms with Gasteiger partial charge < -0.3 is 4.90 Å². The van der Waals surface area contributed by atoms with Gasteiger partial charge in [0.25, 0.3) is 0 Å². The molecule has 10 aromatic rings. The molecule has 3 heterocycles. The largest absolute Gasteiger partial charge is 0.311 e. The van der Waals surface area contributed by atoms with Gasteiger partial charge in [0, 0.05) is 62.0 Å². The first-order chi connectivity index (χ1) is 25.3. The number of para-hydroxylation sites is 3. The van der Waals surface area contributed by atoms with Crippen LogP contribution in [0.15, 0.2) is 182 Å². The highest BCUT2D eigenvalue weighted by Crippen LogP contribution is 2.41. The molecule has 0 fully saturated rings. The van der Waals surface area contributed by atoms with E-state index in [4.69, 9.17) is 9.97 Å². The fraction of sp³-hybridized carbons (Fsp3) is 0. The molecular weight excluding hydrogens is 621 g/mol. The summed E-state index contributed by atoms with van der Waals surface area (Å²) in [5.41, 5.74) is 10.5. The third-order valence-corrected chi connectivity index (χ3v) is 9.90. The maximum Gasteiger partial charge on any atom is 0.0970 e. The van der Waals surface area contributed by atoms with Crippen molar-refractivity contribution in [3.05, 3.63) is 182 Å². The summed E-state index contributed by atoms with van der Waals surface area (Å²) in [6, 6.07) is 60.1. The van der Waals surface area contributed by atoms with E-state index in [-0.39, 0.29) is 0 Å². The zero-order valence-corrected chi connectivity index (χ0v) is 27.6. The number of aromatic nitrogens is 3. The first kappa shape index (κ1) is 29.0. The molecule has 51 heavy (non-hydrogen) atoms. The first-order valence-corrected chi connectivity index (χ1v) is 17.2. The summed E-state index contributed by atoms with van der Waals surface area (Å²) in [6.45, 7) is 0. The van der Waals surface area contributed by atoms with Crippen molar-refractivity contribution >= 4 is 71.3 Å². The lowest BCUT2D eigenvalue weighted by atomic mass is 9.92. The summed E-state index contributed by atoms with van der Waals surface area (Å²) in [5, 5.41) is 8.05. The smallest absolute Gasteiger partial charge is 0.0970 e. The highest BCUT2D eigenvalue weighted by molar-refractivity contribution is 6.23. The lowest BCUT2D eigenvalue weighted by Gasteiger charge is -2.25. The van der Waals surface area contributed by atoms with Crippen LogP contribution in [0.3, 0.4) is 0 Å². The van der Waals surface area contributed by atoms with Crippen LogP contribution in [0.25, 0.3) is 76.6 Å². The normalized spacial score (nSPS) is 11.5. The van der Waals surface area contributed by atoms with Crippen LogP contribution in [-0.2, 0) is 0 Å². The number of rotatable bonds is 5. The Labute approximate surface area is 294 Å². The Balaban J connectivity index is 1.16. The fourth-order valence-electron chi connectivity index (χ4n) is 7.53. The second-order valence-corrected chi connectivity index (χ2v) is 12.9. The third kappa shape index (κ3) is 4.88. The number of nitrogens with zero attached hydrogens (tertiary/aromatic N) is 4. The highest BCUT2D eigenvalue weighted by Gasteiger charge is 2.17. The van der Waals surface area contributed by atoms with E-state index < -0.39 is 0 Å². The molecule has 0 radical (unpaired) electrons. The summed E-state index contributed by atoms with van der Waals surface area (Å²) in [6.07, 6.45) is 3.74. The molecule has 4 nitrogen and oxygen atoms in total. The molecule has 0 aliphatic heterocycles. The number of benzene rings is 7. The van der Waals surface area contributed by atoms with E-state index in [0.717, 1.165) is 77.5 Å². The monoisotopic (exact) mass is 650 g/mol. The molecule has 7 aromatic carbocycles. The number of hydrogen-bond donors (Lipinski definition) is 0. The zero-order valence-electron chi connectivity index (χ0n) is 27.6. The van der Waals surface area contributed by atoms with E-state index in [0.29, 0.717) is 0 Å². The van der Waals surface area contributed by atoms with Crippen molar-refractivity contribution in [2.75, 3.05) is 4.90 Å². The van der Waals surface area contributed by atoms with E-state index in [1.165, 1.54) is 16.2 Å². The Morgan fingerprint density at radius 3 is 1.84 bits per heavy atom. The molecule has 0 unspecified atom stereocenters. The highest BCUT2D eigenvalue weighted by atomic mass is 15.1. The molecule has 0 saturated carbocycles. The maximum absolute atomic E-state index is 5.29. The standard InChI is InChI=1S/C47H30N4/c1-3-11-35(12-4-1)51(36-13-5-2-6-14-36)37-23-19-33(20-24-37)45-41-26-21-31-17-18-34(30-42(31)44(41)40-15-7-8-16-43(40)50-45)38-27-29-49-47-39(38)25-22-32-10-9-28-48-46(32)47/h1-30H. The van der Waals surface area contributed by atoms with Gasteiger partial charge in [-0.3, -0.25) is 9.97 Å². The molecule has 0 N–H and O–H groups in total. The van der Waals surface area contributed by atoms with E-state index >= 15 is 0 Å². The first-order valence-electron chi connectivity index (χ1n) is 17.2. The molecule has 0 saturated heterocycles. The van der Waals surface area contributed by atoms with E-state index in [1.54, 1.807) is 0 Å². The van der Waals surface area contributed by atoms with Gasteiger partial charge in [-0.05, 0) is 82.6 Å². The molecule has 0 atom stereocenters. The number of anilines is 3. The van der Waals surface area contributed by atoms with Crippen LogP contribution >= 0.6 is 0 Å². The van der Waals surface area contributed by atoms with Gasteiger partial charge in [-0.2, -0.15) is 0 Å². The Bertz CT molecular complexity index is 2860. The minimum Gasteiger partial charge on any atom is -0.311 e. The van der Waals surface area contributed by atoms with E-state index in [9.17, 15) is 0 Å². The average Bonchev–Trinajstić information content (AvgIpc) is 3.21. The number of pyridine rings is 3. The minimum atomic E-state index is 0.919. The van der Waals surface area contributed by atoms with Gasteiger partial charge in [-0.25, -0.2) is 4.98 Å². The van der Waals surface area contributed by atoms with Gasteiger partial charge in [0.1, 0.15) is 0 Å². The van der Waals surface area contributed by atoms with E-state index in [2.05, 4.69) is 174 Å². The lowest BCUT2D eigenvalue weighted by molar-refractivity contribution is 1.28. The van der Waals surface area contributed by atoms with Crippen LogP contribution < -0.4 is 4.90 Å². The van der Waals surface area contributed by atoms with Crippen LogP contribution in [0.1, 0.15) is 0 Å². The van der Waals surface area contributed by atoms with Crippen LogP contribution in [0.5, 0.6) is 0 Å². The summed E-state index contributed by atoms with van der Waals surface area (Å²) in [4.78, 5) is 17.0. The fourth-order valence-corrected chi connectivity index (χ4v) is 7.53. The van der Waals surface area contributed by atoms with Crippen LogP contribution in [-0.4, -0.2) is 15.0 Å². The summed E-state index contributed by atoms with van der Waals surface area (Å²) < 4.78 is 0. The van der Waals surface area contributed by atoms with E-state index in [1.807, 2.05) is 18.5 Å². The zero-order chi connectivity index (χ0) is 33.7. The molecular formula is C47H30N4. The molecule has 4 heteroatoms. The van der Waals surface area contributed by atoms with Crippen molar-refractivity contribution in [1.82, 2.24) is 15.0 Å².